The van der Waals surface area contributed by atoms with E-state index >= 15 is 0 Å². The number of hydrogen-bond donors (Lipinski definition) is 3. The molecule has 0 aliphatic rings. The van der Waals surface area contributed by atoms with Gasteiger partial charge in [-0.05, 0) is 44.5 Å². The first kappa shape index (κ1) is 14.8. The van der Waals surface area contributed by atoms with Crippen LogP contribution in [0.4, 0.5) is 11.4 Å². The number of pyridine rings is 1. The maximum Gasteiger partial charge on any atom is 0.252 e. The Morgan fingerprint density at radius 3 is 2.62 bits per heavy atom. The number of primary amides is 1. The van der Waals surface area contributed by atoms with Crippen LogP contribution in [0.1, 0.15) is 40.3 Å². The number of amides is 1. The maximum atomic E-state index is 11.6. The number of aromatic nitrogens is 1. The highest BCUT2D eigenvalue weighted by Gasteiger charge is 2.16. The summed E-state index contributed by atoms with van der Waals surface area (Å²) >= 11 is 0. The van der Waals surface area contributed by atoms with Gasteiger partial charge in [-0.25, -0.2) is 0 Å². The highest BCUT2D eigenvalue weighted by Crippen LogP contribution is 2.25. The average Bonchev–Trinajstić information content (AvgIpc) is 2.37. The SMILES string of the molecule is Cc1cc(NC(C)c2cccc(N)c2)c(C(N)=O)c(C)n1. The maximum absolute atomic E-state index is 11.6. The summed E-state index contributed by atoms with van der Waals surface area (Å²) in [4.78, 5) is 15.9. The number of rotatable bonds is 4. The molecule has 0 saturated heterocycles. The van der Waals surface area contributed by atoms with Gasteiger partial charge >= 0.3 is 0 Å². The molecule has 1 unspecified atom stereocenters. The zero-order chi connectivity index (χ0) is 15.6. The van der Waals surface area contributed by atoms with Crippen LogP contribution in [0.15, 0.2) is 30.3 Å². The monoisotopic (exact) mass is 284 g/mol. The topological polar surface area (TPSA) is 94.0 Å². The number of carbonyl (C=O) groups excluding carboxylic acids is 1. The van der Waals surface area contributed by atoms with E-state index in [1.807, 2.05) is 44.2 Å². The van der Waals surface area contributed by atoms with Crippen LogP contribution in [0.2, 0.25) is 0 Å². The molecule has 110 valence electrons. The third-order valence-corrected chi connectivity index (χ3v) is 3.36. The highest BCUT2D eigenvalue weighted by molar-refractivity contribution is 5.99. The summed E-state index contributed by atoms with van der Waals surface area (Å²) in [5, 5.41) is 3.32. The predicted octanol–water partition coefficient (Wildman–Crippen LogP) is 2.55. The molecule has 1 atom stereocenters. The van der Waals surface area contributed by atoms with Gasteiger partial charge in [-0.15, -0.1) is 0 Å². The number of anilines is 2. The third kappa shape index (κ3) is 3.31. The molecule has 5 heteroatoms. The van der Waals surface area contributed by atoms with Crippen LogP contribution < -0.4 is 16.8 Å². The average molecular weight is 284 g/mol. The summed E-state index contributed by atoms with van der Waals surface area (Å²) in [5.74, 6) is -0.484. The predicted molar refractivity (Wildman–Crippen MR) is 85.1 cm³/mol. The second-order valence-corrected chi connectivity index (χ2v) is 5.17. The Labute approximate surface area is 124 Å². The van der Waals surface area contributed by atoms with Crippen LogP contribution in [-0.4, -0.2) is 10.9 Å². The Hall–Kier alpha value is -2.56. The van der Waals surface area contributed by atoms with E-state index < -0.39 is 5.91 Å². The zero-order valence-corrected chi connectivity index (χ0v) is 12.5. The van der Waals surface area contributed by atoms with Crippen LogP contribution in [0, 0.1) is 13.8 Å². The molecule has 0 aliphatic heterocycles. The lowest BCUT2D eigenvalue weighted by Gasteiger charge is -2.19. The lowest BCUT2D eigenvalue weighted by Crippen LogP contribution is -2.18. The van der Waals surface area contributed by atoms with Gasteiger partial charge < -0.3 is 16.8 Å². The minimum Gasteiger partial charge on any atom is -0.399 e. The van der Waals surface area contributed by atoms with Crippen LogP contribution in [0.25, 0.3) is 0 Å². The fourth-order valence-electron chi connectivity index (χ4n) is 2.40. The van der Waals surface area contributed by atoms with E-state index in [0.717, 1.165) is 11.3 Å². The Morgan fingerprint density at radius 2 is 2.00 bits per heavy atom. The summed E-state index contributed by atoms with van der Waals surface area (Å²) < 4.78 is 0. The van der Waals surface area contributed by atoms with Crippen LogP contribution in [0.5, 0.6) is 0 Å². The number of aryl methyl sites for hydroxylation is 2. The molecule has 0 spiro atoms. The molecule has 5 N–H and O–H groups in total. The summed E-state index contributed by atoms with van der Waals surface area (Å²) in [7, 11) is 0. The zero-order valence-electron chi connectivity index (χ0n) is 12.5. The molecule has 21 heavy (non-hydrogen) atoms. The number of benzene rings is 1. The standard InChI is InChI=1S/C16H20N4O/c1-9-7-14(15(16(18)21)11(3)19-9)20-10(2)12-5-4-6-13(17)8-12/h4-8,10H,17H2,1-3H3,(H2,18,21)(H,19,20). The smallest absolute Gasteiger partial charge is 0.252 e. The number of carbonyl (C=O) groups is 1. The molecule has 0 aliphatic carbocycles. The van der Waals surface area contributed by atoms with E-state index in [1.54, 1.807) is 6.92 Å². The Kier molecular flexibility index (Phi) is 4.12. The Balaban J connectivity index is 2.37. The third-order valence-electron chi connectivity index (χ3n) is 3.36. The van der Waals surface area contributed by atoms with Gasteiger partial charge in [-0.3, -0.25) is 9.78 Å². The molecule has 1 amide bonds. The molecular weight excluding hydrogens is 264 g/mol. The van der Waals surface area contributed by atoms with E-state index in [0.29, 0.717) is 22.6 Å². The van der Waals surface area contributed by atoms with Crippen LogP contribution >= 0.6 is 0 Å². The van der Waals surface area contributed by atoms with Crippen molar-refractivity contribution in [2.45, 2.75) is 26.8 Å². The number of nitrogens with zero attached hydrogens (tertiary/aromatic N) is 1. The highest BCUT2D eigenvalue weighted by atomic mass is 16.1. The fourth-order valence-corrected chi connectivity index (χ4v) is 2.40. The van der Waals surface area contributed by atoms with Crippen molar-refractivity contribution in [2.75, 3.05) is 11.1 Å². The first-order valence-corrected chi connectivity index (χ1v) is 6.78. The van der Waals surface area contributed by atoms with Gasteiger partial charge in [0.05, 0.1) is 16.9 Å². The Morgan fingerprint density at radius 1 is 1.29 bits per heavy atom. The molecule has 1 aromatic heterocycles. The molecule has 2 aromatic rings. The van der Waals surface area contributed by atoms with E-state index in [9.17, 15) is 4.79 Å². The lowest BCUT2D eigenvalue weighted by atomic mass is 10.1. The molecule has 0 fully saturated rings. The van der Waals surface area contributed by atoms with Gasteiger partial charge in [0.1, 0.15) is 0 Å². The van der Waals surface area contributed by atoms with Crippen molar-refractivity contribution in [3.05, 3.63) is 52.8 Å². The first-order chi connectivity index (χ1) is 9.88. The largest absolute Gasteiger partial charge is 0.399 e. The molecule has 1 aromatic carbocycles. The number of nitrogens with two attached hydrogens (primary N) is 2. The van der Waals surface area contributed by atoms with Gasteiger partial charge in [0.2, 0.25) is 0 Å². The second-order valence-electron chi connectivity index (χ2n) is 5.17. The molecule has 0 radical (unpaired) electrons. The van der Waals surface area contributed by atoms with E-state index in [1.165, 1.54) is 0 Å². The van der Waals surface area contributed by atoms with Gasteiger partial charge in [-0.1, -0.05) is 12.1 Å². The number of nitrogens with one attached hydrogen (secondary N) is 1. The summed E-state index contributed by atoms with van der Waals surface area (Å²) in [6.45, 7) is 5.67. The van der Waals surface area contributed by atoms with Gasteiger partial charge in [0.15, 0.2) is 0 Å². The van der Waals surface area contributed by atoms with Crippen molar-refractivity contribution < 1.29 is 4.79 Å². The minimum atomic E-state index is -0.484. The van der Waals surface area contributed by atoms with Crippen molar-refractivity contribution in [1.82, 2.24) is 4.98 Å². The van der Waals surface area contributed by atoms with Crippen molar-refractivity contribution in [1.29, 1.82) is 0 Å². The minimum absolute atomic E-state index is 0.00667. The first-order valence-electron chi connectivity index (χ1n) is 6.78. The van der Waals surface area contributed by atoms with E-state index in [2.05, 4.69) is 10.3 Å². The molecule has 5 nitrogen and oxygen atoms in total. The summed E-state index contributed by atoms with van der Waals surface area (Å²) in [5.41, 5.74) is 15.6. The van der Waals surface area contributed by atoms with Crippen LogP contribution in [-0.2, 0) is 0 Å². The van der Waals surface area contributed by atoms with E-state index in [-0.39, 0.29) is 6.04 Å². The summed E-state index contributed by atoms with van der Waals surface area (Å²) in [6, 6.07) is 9.46. The van der Waals surface area contributed by atoms with E-state index in [4.69, 9.17) is 11.5 Å². The number of hydrogen-bond acceptors (Lipinski definition) is 4. The van der Waals surface area contributed by atoms with Gasteiger partial charge in [0.25, 0.3) is 5.91 Å². The van der Waals surface area contributed by atoms with Gasteiger partial charge in [0, 0.05) is 17.4 Å². The van der Waals surface area contributed by atoms with Crippen molar-refractivity contribution in [2.24, 2.45) is 5.73 Å². The second kappa shape index (κ2) is 5.83. The quantitative estimate of drug-likeness (QED) is 0.752. The van der Waals surface area contributed by atoms with Gasteiger partial charge in [-0.2, -0.15) is 0 Å². The fraction of sp³-hybridized carbons (Fsp3) is 0.250. The van der Waals surface area contributed by atoms with Crippen molar-refractivity contribution >= 4 is 17.3 Å². The normalized spacial score (nSPS) is 12.0. The van der Waals surface area contributed by atoms with Crippen molar-refractivity contribution in [3.63, 3.8) is 0 Å². The van der Waals surface area contributed by atoms with Crippen LogP contribution in [0.3, 0.4) is 0 Å². The molecular formula is C16H20N4O. The number of nitrogen functional groups attached to an aromatic ring is 1. The molecule has 1 heterocycles. The molecule has 0 bridgehead atoms. The van der Waals surface area contributed by atoms with Crippen molar-refractivity contribution in [3.8, 4) is 0 Å². The summed E-state index contributed by atoms with van der Waals surface area (Å²) in [6.07, 6.45) is 0. The molecule has 2 rings (SSSR count). The molecule has 0 saturated carbocycles. The Bertz CT molecular complexity index is 682. The lowest BCUT2D eigenvalue weighted by molar-refractivity contribution is 0.1000.